The zero-order valence-corrected chi connectivity index (χ0v) is 10.1. The Morgan fingerprint density at radius 2 is 1.76 bits per heavy atom. The fourth-order valence-corrected chi connectivity index (χ4v) is 1.09. The van der Waals surface area contributed by atoms with E-state index in [1.165, 1.54) is 0 Å². The van der Waals surface area contributed by atoms with Gasteiger partial charge in [0.15, 0.2) is 0 Å². The normalized spacial score (nSPS) is 9.53. The Bertz CT molecular complexity index is 381. The quantitative estimate of drug-likeness (QED) is 0.431. The molecule has 0 heterocycles. The minimum Gasteiger partial charge on any atom is -0.497 e. The lowest BCUT2D eigenvalue weighted by Crippen LogP contribution is -2.12. The van der Waals surface area contributed by atoms with E-state index >= 15 is 0 Å². The Labute approximate surface area is 101 Å². The van der Waals surface area contributed by atoms with E-state index in [2.05, 4.69) is 6.58 Å². The van der Waals surface area contributed by atoms with Gasteiger partial charge in [-0.1, -0.05) is 6.58 Å². The second-order valence-corrected chi connectivity index (χ2v) is 3.44. The standard InChI is InChI=1S/C13H16O4/c1-10(2)13(14)17-9-8-16-12-6-4-11(15-3)5-7-12/h4-7H,1,8-9H2,2-3H3. The number of hydrogen-bond acceptors (Lipinski definition) is 4. The van der Waals surface area contributed by atoms with E-state index in [-0.39, 0.29) is 6.61 Å². The molecule has 0 radical (unpaired) electrons. The number of hydrogen-bond donors (Lipinski definition) is 0. The van der Waals surface area contributed by atoms with E-state index in [9.17, 15) is 4.79 Å². The Balaban J connectivity index is 2.26. The molecule has 0 bridgehead atoms. The topological polar surface area (TPSA) is 44.8 Å². The summed E-state index contributed by atoms with van der Waals surface area (Å²) >= 11 is 0. The Morgan fingerprint density at radius 3 is 2.29 bits per heavy atom. The summed E-state index contributed by atoms with van der Waals surface area (Å²) in [6.07, 6.45) is 0. The van der Waals surface area contributed by atoms with Crippen LogP contribution in [0.25, 0.3) is 0 Å². The molecule has 4 nitrogen and oxygen atoms in total. The first-order chi connectivity index (χ1) is 8.13. The zero-order valence-electron chi connectivity index (χ0n) is 10.1. The monoisotopic (exact) mass is 236 g/mol. The number of methoxy groups -OCH3 is 1. The Morgan fingerprint density at radius 1 is 1.18 bits per heavy atom. The highest BCUT2D eigenvalue weighted by atomic mass is 16.6. The van der Waals surface area contributed by atoms with E-state index in [1.807, 2.05) is 0 Å². The molecule has 4 heteroatoms. The molecular weight excluding hydrogens is 220 g/mol. The highest BCUT2D eigenvalue weighted by Crippen LogP contribution is 2.16. The van der Waals surface area contributed by atoms with Crippen molar-refractivity contribution in [3.63, 3.8) is 0 Å². The molecule has 0 aliphatic rings. The van der Waals surface area contributed by atoms with Crippen molar-refractivity contribution in [2.75, 3.05) is 20.3 Å². The summed E-state index contributed by atoms with van der Waals surface area (Å²) in [4.78, 5) is 11.0. The van der Waals surface area contributed by atoms with Crippen LogP contribution >= 0.6 is 0 Å². The van der Waals surface area contributed by atoms with Gasteiger partial charge in [-0.05, 0) is 31.2 Å². The van der Waals surface area contributed by atoms with Crippen LogP contribution < -0.4 is 9.47 Å². The average molecular weight is 236 g/mol. The van der Waals surface area contributed by atoms with Gasteiger partial charge in [0.25, 0.3) is 0 Å². The third-order valence-corrected chi connectivity index (χ3v) is 1.99. The Hall–Kier alpha value is -1.97. The number of benzene rings is 1. The fraction of sp³-hybridized carbons (Fsp3) is 0.308. The molecule has 1 aromatic carbocycles. The van der Waals surface area contributed by atoms with Gasteiger partial charge in [-0.25, -0.2) is 4.79 Å². The summed E-state index contributed by atoms with van der Waals surface area (Å²) < 4.78 is 15.3. The van der Waals surface area contributed by atoms with Crippen LogP contribution in [0.4, 0.5) is 0 Å². The van der Waals surface area contributed by atoms with Crippen LogP contribution in [-0.2, 0) is 9.53 Å². The molecule has 0 aromatic heterocycles. The van der Waals surface area contributed by atoms with Gasteiger partial charge in [-0.2, -0.15) is 0 Å². The van der Waals surface area contributed by atoms with Gasteiger partial charge >= 0.3 is 5.97 Å². The van der Waals surface area contributed by atoms with Crippen molar-refractivity contribution >= 4 is 5.97 Å². The van der Waals surface area contributed by atoms with Gasteiger partial charge in [0, 0.05) is 5.57 Å². The first kappa shape index (κ1) is 13.1. The highest BCUT2D eigenvalue weighted by molar-refractivity contribution is 5.86. The van der Waals surface area contributed by atoms with Crippen LogP contribution in [0.2, 0.25) is 0 Å². The first-order valence-electron chi connectivity index (χ1n) is 5.23. The molecule has 0 amide bonds. The maximum atomic E-state index is 11.0. The molecule has 0 fully saturated rings. The summed E-state index contributed by atoms with van der Waals surface area (Å²) in [6, 6.07) is 7.18. The third-order valence-electron chi connectivity index (χ3n) is 1.99. The molecule has 17 heavy (non-hydrogen) atoms. The van der Waals surface area contributed by atoms with Crippen molar-refractivity contribution in [3.05, 3.63) is 36.4 Å². The second kappa shape index (κ2) is 6.58. The molecule has 0 atom stereocenters. The molecule has 0 saturated carbocycles. The molecule has 1 aromatic rings. The smallest absolute Gasteiger partial charge is 0.333 e. The van der Waals surface area contributed by atoms with Gasteiger partial charge in [-0.3, -0.25) is 0 Å². The lowest BCUT2D eigenvalue weighted by atomic mass is 10.3. The minimum atomic E-state index is -0.400. The Kier molecular flexibility index (Phi) is 5.07. The van der Waals surface area contributed by atoms with Crippen LogP contribution in [0.5, 0.6) is 11.5 Å². The summed E-state index contributed by atoms with van der Waals surface area (Å²) in [5.41, 5.74) is 0.384. The lowest BCUT2D eigenvalue weighted by molar-refractivity contribution is -0.139. The van der Waals surface area contributed by atoms with Crippen molar-refractivity contribution in [1.29, 1.82) is 0 Å². The van der Waals surface area contributed by atoms with Crippen molar-refractivity contribution in [2.24, 2.45) is 0 Å². The van der Waals surface area contributed by atoms with Crippen molar-refractivity contribution in [2.45, 2.75) is 6.92 Å². The van der Waals surface area contributed by atoms with Crippen molar-refractivity contribution in [3.8, 4) is 11.5 Å². The van der Waals surface area contributed by atoms with E-state index in [0.717, 1.165) is 5.75 Å². The lowest BCUT2D eigenvalue weighted by Gasteiger charge is -2.07. The van der Waals surface area contributed by atoms with E-state index in [4.69, 9.17) is 14.2 Å². The number of carbonyl (C=O) groups excluding carboxylic acids is 1. The third kappa shape index (κ3) is 4.59. The summed E-state index contributed by atoms with van der Waals surface area (Å²) in [6.45, 7) is 5.60. The van der Waals surface area contributed by atoms with Gasteiger partial charge in [-0.15, -0.1) is 0 Å². The summed E-state index contributed by atoms with van der Waals surface area (Å²) in [5, 5.41) is 0. The second-order valence-electron chi connectivity index (χ2n) is 3.44. The fourth-order valence-electron chi connectivity index (χ4n) is 1.09. The number of carbonyl (C=O) groups is 1. The van der Waals surface area contributed by atoms with Gasteiger partial charge < -0.3 is 14.2 Å². The van der Waals surface area contributed by atoms with E-state index < -0.39 is 5.97 Å². The molecule has 0 saturated heterocycles. The molecule has 0 spiro atoms. The summed E-state index contributed by atoms with van der Waals surface area (Å²) in [7, 11) is 1.60. The largest absolute Gasteiger partial charge is 0.497 e. The SMILES string of the molecule is C=C(C)C(=O)OCCOc1ccc(OC)cc1. The molecule has 1 rings (SSSR count). The highest BCUT2D eigenvalue weighted by Gasteiger charge is 2.02. The molecule has 0 aliphatic heterocycles. The number of esters is 1. The van der Waals surface area contributed by atoms with Gasteiger partial charge in [0.05, 0.1) is 7.11 Å². The number of ether oxygens (including phenoxy) is 3. The molecular formula is C13H16O4. The van der Waals surface area contributed by atoms with Crippen LogP contribution in [0.3, 0.4) is 0 Å². The first-order valence-corrected chi connectivity index (χ1v) is 5.23. The van der Waals surface area contributed by atoms with Crippen molar-refractivity contribution in [1.82, 2.24) is 0 Å². The predicted molar refractivity (Wildman–Crippen MR) is 64.3 cm³/mol. The van der Waals surface area contributed by atoms with Crippen LogP contribution in [-0.4, -0.2) is 26.3 Å². The molecule has 0 unspecified atom stereocenters. The maximum Gasteiger partial charge on any atom is 0.333 e. The molecule has 92 valence electrons. The molecule has 0 aliphatic carbocycles. The number of rotatable bonds is 6. The van der Waals surface area contributed by atoms with Crippen molar-refractivity contribution < 1.29 is 19.0 Å². The summed E-state index contributed by atoms with van der Waals surface area (Å²) in [5.74, 6) is 1.08. The zero-order chi connectivity index (χ0) is 12.7. The van der Waals surface area contributed by atoms with E-state index in [0.29, 0.717) is 17.9 Å². The van der Waals surface area contributed by atoms with Crippen LogP contribution in [0, 0.1) is 0 Å². The molecule has 0 N–H and O–H groups in total. The van der Waals surface area contributed by atoms with Gasteiger partial charge in [0.2, 0.25) is 0 Å². The van der Waals surface area contributed by atoms with E-state index in [1.54, 1.807) is 38.3 Å². The van der Waals surface area contributed by atoms with Crippen LogP contribution in [0.1, 0.15) is 6.92 Å². The predicted octanol–water partition coefficient (Wildman–Crippen LogP) is 2.19. The van der Waals surface area contributed by atoms with Crippen LogP contribution in [0.15, 0.2) is 36.4 Å². The van der Waals surface area contributed by atoms with Gasteiger partial charge in [0.1, 0.15) is 24.7 Å². The maximum absolute atomic E-state index is 11.0. The minimum absolute atomic E-state index is 0.206. The average Bonchev–Trinajstić information content (AvgIpc) is 2.35.